The second kappa shape index (κ2) is 6.45. The fourth-order valence-electron chi connectivity index (χ4n) is 1.90. The van der Waals surface area contributed by atoms with Crippen LogP contribution < -0.4 is 5.32 Å². The lowest BCUT2D eigenvalue weighted by Gasteiger charge is -2.15. The summed E-state index contributed by atoms with van der Waals surface area (Å²) in [7, 11) is 0. The Labute approximate surface area is 121 Å². The van der Waals surface area contributed by atoms with Crippen molar-refractivity contribution in [3.05, 3.63) is 50.4 Å². The van der Waals surface area contributed by atoms with E-state index in [2.05, 4.69) is 58.3 Å². The Kier molecular flexibility index (Phi) is 4.92. The number of hydrogen-bond donors (Lipinski definition) is 1. The van der Waals surface area contributed by atoms with Crippen LogP contribution in [0.15, 0.2) is 34.2 Å². The van der Waals surface area contributed by atoms with Gasteiger partial charge in [-0.1, -0.05) is 34.1 Å². The number of nitrogens with zero attached hydrogens (tertiary/aromatic N) is 1. The van der Waals surface area contributed by atoms with Crippen LogP contribution in [0.5, 0.6) is 0 Å². The van der Waals surface area contributed by atoms with Crippen LogP contribution in [0.3, 0.4) is 0 Å². The molecule has 96 valence electrons. The van der Waals surface area contributed by atoms with Gasteiger partial charge in [0.05, 0.1) is 11.2 Å². The van der Waals surface area contributed by atoms with Crippen LogP contribution in [-0.2, 0) is 6.42 Å². The average molecular weight is 325 g/mol. The van der Waals surface area contributed by atoms with Crippen molar-refractivity contribution in [3.8, 4) is 0 Å². The first-order valence-corrected chi connectivity index (χ1v) is 7.72. The molecule has 1 N–H and O–H groups in total. The largest absolute Gasteiger partial charge is 0.310 e. The highest BCUT2D eigenvalue weighted by Crippen LogP contribution is 2.22. The molecule has 2 rings (SSSR count). The smallest absolute Gasteiger partial charge is 0.0797 e. The van der Waals surface area contributed by atoms with Gasteiger partial charge in [0.25, 0.3) is 0 Å². The standard InChI is InChI=1S/C14H17BrN2S/c1-10(12-5-3-4-6-13(12)15)16-8-7-14-11(2)17-9-18-14/h3-6,9-10,16H,7-8H2,1-2H3/t10-/m1/s1. The molecule has 0 spiro atoms. The molecule has 1 aromatic carbocycles. The van der Waals surface area contributed by atoms with Gasteiger partial charge in [0, 0.05) is 21.9 Å². The van der Waals surface area contributed by atoms with Crippen LogP contribution in [0.2, 0.25) is 0 Å². The summed E-state index contributed by atoms with van der Waals surface area (Å²) in [6.45, 7) is 5.24. The molecule has 1 atom stereocenters. The molecule has 4 heteroatoms. The van der Waals surface area contributed by atoms with Crippen molar-refractivity contribution in [2.24, 2.45) is 0 Å². The highest BCUT2D eigenvalue weighted by molar-refractivity contribution is 9.10. The fraction of sp³-hybridized carbons (Fsp3) is 0.357. The molecule has 2 aromatic rings. The molecule has 0 aliphatic carbocycles. The van der Waals surface area contributed by atoms with E-state index in [-0.39, 0.29) is 0 Å². The zero-order valence-corrected chi connectivity index (χ0v) is 13.0. The zero-order chi connectivity index (χ0) is 13.0. The second-order valence-electron chi connectivity index (χ2n) is 4.31. The van der Waals surface area contributed by atoms with Crippen LogP contribution >= 0.6 is 27.3 Å². The Morgan fingerprint density at radius 3 is 2.83 bits per heavy atom. The molecule has 0 amide bonds. The molecule has 0 unspecified atom stereocenters. The van der Waals surface area contributed by atoms with Gasteiger partial charge >= 0.3 is 0 Å². The zero-order valence-electron chi connectivity index (χ0n) is 10.6. The van der Waals surface area contributed by atoms with E-state index in [9.17, 15) is 0 Å². The van der Waals surface area contributed by atoms with Gasteiger partial charge in [-0.25, -0.2) is 4.98 Å². The molecule has 0 radical (unpaired) electrons. The van der Waals surface area contributed by atoms with E-state index < -0.39 is 0 Å². The summed E-state index contributed by atoms with van der Waals surface area (Å²) in [4.78, 5) is 5.65. The number of aromatic nitrogens is 1. The van der Waals surface area contributed by atoms with E-state index in [0.717, 1.165) is 18.7 Å². The highest BCUT2D eigenvalue weighted by Gasteiger charge is 2.08. The first-order valence-electron chi connectivity index (χ1n) is 6.05. The van der Waals surface area contributed by atoms with Crippen molar-refractivity contribution in [1.29, 1.82) is 0 Å². The maximum atomic E-state index is 4.27. The van der Waals surface area contributed by atoms with Crippen LogP contribution in [0.4, 0.5) is 0 Å². The van der Waals surface area contributed by atoms with Crippen LogP contribution in [0.25, 0.3) is 0 Å². The number of hydrogen-bond acceptors (Lipinski definition) is 3. The van der Waals surface area contributed by atoms with Crippen LogP contribution in [0.1, 0.15) is 29.1 Å². The molecular weight excluding hydrogens is 308 g/mol. The third-order valence-electron chi connectivity index (χ3n) is 3.02. The molecule has 2 nitrogen and oxygen atoms in total. The number of benzene rings is 1. The number of aryl methyl sites for hydroxylation is 1. The lowest BCUT2D eigenvalue weighted by atomic mass is 10.1. The molecule has 0 aliphatic rings. The summed E-state index contributed by atoms with van der Waals surface area (Å²) in [5.74, 6) is 0. The minimum atomic E-state index is 0.355. The molecule has 0 bridgehead atoms. The summed E-state index contributed by atoms with van der Waals surface area (Å²) in [6, 6.07) is 8.71. The third kappa shape index (κ3) is 3.40. The van der Waals surface area contributed by atoms with E-state index in [1.807, 2.05) is 11.6 Å². The summed E-state index contributed by atoms with van der Waals surface area (Å²) >= 11 is 5.33. The first-order chi connectivity index (χ1) is 8.68. The summed E-state index contributed by atoms with van der Waals surface area (Å²) in [5, 5.41) is 3.55. The van der Waals surface area contributed by atoms with Crippen molar-refractivity contribution in [2.75, 3.05) is 6.54 Å². The topological polar surface area (TPSA) is 24.9 Å². The number of thiazole rings is 1. The molecule has 0 aliphatic heterocycles. The van der Waals surface area contributed by atoms with E-state index in [4.69, 9.17) is 0 Å². The monoisotopic (exact) mass is 324 g/mol. The van der Waals surface area contributed by atoms with Gasteiger partial charge in [-0.05, 0) is 31.9 Å². The van der Waals surface area contributed by atoms with Gasteiger partial charge < -0.3 is 5.32 Å². The molecule has 1 heterocycles. The molecule has 0 saturated heterocycles. The molecule has 0 fully saturated rings. The van der Waals surface area contributed by atoms with Crippen molar-refractivity contribution < 1.29 is 0 Å². The van der Waals surface area contributed by atoms with Crippen LogP contribution in [0, 0.1) is 6.92 Å². The van der Waals surface area contributed by atoms with Crippen LogP contribution in [-0.4, -0.2) is 11.5 Å². The Morgan fingerprint density at radius 1 is 1.39 bits per heavy atom. The van der Waals surface area contributed by atoms with E-state index in [1.54, 1.807) is 11.3 Å². The van der Waals surface area contributed by atoms with Crippen molar-refractivity contribution in [1.82, 2.24) is 10.3 Å². The minimum absolute atomic E-state index is 0.355. The Morgan fingerprint density at radius 2 is 2.17 bits per heavy atom. The molecule has 18 heavy (non-hydrogen) atoms. The van der Waals surface area contributed by atoms with Gasteiger partial charge in [-0.15, -0.1) is 11.3 Å². The van der Waals surface area contributed by atoms with Gasteiger partial charge in [0.1, 0.15) is 0 Å². The average Bonchev–Trinajstić information content (AvgIpc) is 2.75. The molecular formula is C14H17BrN2S. The molecule has 0 saturated carbocycles. The normalized spacial score (nSPS) is 12.6. The highest BCUT2D eigenvalue weighted by atomic mass is 79.9. The van der Waals surface area contributed by atoms with Gasteiger partial charge in [-0.2, -0.15) is 0 Å². The number of halogens is 1. The lowest BCUT2D eigenvalue weighted by molar-refractivity contribution is 0.576. The maximum Gasteiger partial charge on any atom is 0.0797 e. The van der Waals surface area contributed by atoms with E-state index in [0.29, 0.717) is 6.04 Å². The van der Waals surface area contributed by atoms with Gasteiger partial charge in [-0.3, -0.25) is 0 Å². The van der Waals surface area contributed by atoms with Gasteiger partial charge in [0.2, 0.25) is 0 Å². The SMILES string of the molecule is Cc1ncsc1CCN[C@H](C)c1ccccc1Br. The second-order valence-corrected chi connectivity index (χ2v) is 6.10. The number of nitrogens with one attached hydrogen (secondary N) is 1. The van der Waals surface area contributed by atoms with Crippen molar-refractivity contribution >= 4 is 27.3 Å². The Hall–Kier alpha value is -0.710. The van der Waals surface area contributed by atoms with E-state index >= 15 is 0 Å². The quantitative estimate of drug-likeness (QED) is 0.895. The molecule has 1 aromatic heterocycles. The predicted octanol–water partition coefficient (Wildman–Crippen LogP) is 4.11. The minimum Gasteiger partial charge on any atom is -0.310 e. The Balaban J connectivity index is 1.87. The van der Waals surface area contributed by atoms with Crippen molar-refractivity contribution in [2.45, 2.75) is 26.3 Å². The predicted molar refractivity (Wildman–Crippen MR) is 81.1 cm³/mol. The lowest BCUT2D eigenvalue weighted by Crippen LogP contribution is -2.21. The maximum absolute atomic E-state index is 4.27. The van der Waals surface area contributed by atoms with E-state index in [1.165, 1.54) is 14.9 Å². The summed E-state index contributed by atoms with van der Waals surface area (Å²) in [5.41, 5.74) is 4.39. The number of rotatable bonds is 5. The summed E-state index contributed by atoms with van der Waals surface area (Å²) in [6.07, 6.45) is 1.05. The summed E-state index contributed by atoms with van der Waals surface area (Å²) < 4.78 is 1.17. The third-order valence-corrected chi connectivity index (χ3v) is 4.74. The van der Waals surface area contributed by atoms with Crippen molar-refractivity contribution in [3.63, 3.8) is 0 Å². The fourth-order valence-corrected chi connectivity index (χ4v) is 3.31. The Bertz CT molecular complexity index is 510. The first kappa shape index (κ1) is 13.7. The van der Waals surface area contributed by atoms with Gasteiger partial charge in [0.15, 0.2) is 0 Å².